The number of carboxylic acids is 1. The van der Waals surface area contributed by atoms with E-state index >= 15 is 0 Å². The predicted molar refractivity (Wildman–Crippen MR) is 102 cm³/mol. The number of aromatic nitrogens is 3. The number of fused-ring (bicyclic) bond motifs is 1. The second-order valence-electron chi connectivity index (χ2n) is 7.29. The Labute approximate surface area is 180 Å². The lowest BCUT2D eigenvalue weighted by Crippen LogP contribution is -2.47. The van der Waals surface area contributed by atoms with Crippen molar-refractivity contribution in [1.29, 1.82) is 0 Å². The molecule has 3 atom stereocenters. The lowest BCUT2D eigenvalue weighted by molar-refractivity contribution is -0.192. The first kappa shape index (κ1) is 23.4. The van der Waals surface area contributed by atoms with Crippen molar-refractivity contribution in [2.45, 2.75) is 37.2 Å². The zero-order valence-electron chi connectivity index (χ0n) is 16.9. The van der Waals surface area contributed by atoms with Gasteiger partial charge in [-0.3, -0.25) is 4.79 Å². The van der Waals surface area contributed by atoms with Gasteiger partial charge in [-0.25, -0.2) is 19.2 Å². The van der Waals surface area contributed by atoms with Crippen LogP contribution < -0.4 is 10.2 Å². The smallest absolute Gasteiger partial charge is 0.475 e. The number of alkyl halides is 3. The Balaban J connectivity index is 0.000000360. The van der Waals surface area contributed by atoms with Crippen LogP contribution >= 0.6 is 0 Å². The molecule has 9 nitrogen and oxygen atoms in total. The van der Waals surface area contributed by atoms with Crippen molar-refractivity contribution in [3.63, 3.8) is 0 Å². The topological polar surface area (TPSA) is 110 Å². The molecular weight excluding hydrogens is 438 g/mol. The quantitative estimate of drug-likeness (QED) is 0.673. The number of nitrogens with zero attached hydrogens (tertiary/aromatic N) is 4. The Morgan fingerprint density at radius 3 is 2.50 bits per heavy atom. The van der Waals surface area contributed by atoms with Crippen LogP contribution in [0.4, 0.5) is 23.5 Å². The van der Waals surface area contributed by atoms with E-state index in [4.69, 9.17) is 14.6 Å². The maximum absolute atomic E-state index is 13.1. The van der Waals surface area contributed by atoms with Gasteiger partial charge in [0, 0.05) is 26.4 Å². The summed E-state index contributed by atoms with van der Waals surface area (Å²) in [5.41, 5.74) is 0.601. The van der Waals surface area contributed by atoms with Crippen molar-refractivity contribution < 1.29 is 37.0 Å². The van der Waals surface area contributed by atoms with E-state index in [1.807, 2.05) is 24.2 Å². The molecule has 13 heteroatoms. The molecule has 0 aromatic carbocycles. The number of hydrogen-bond acceptors (Lipinski definition) is 6. The van der Waals surface area contributed by atoms with Crippen LogP contribution in [0.5, 0.6) is 0 Å². The van der Waals surface area contributed by atoms with Crippen LogP contribution in [-0.4, -0.2) is 69.0 Å². The number of amides is 1. The zero-order chi connectivity index (χ0) is 23.5. The molecule has 0 spiro atoms. The van der Waals surface area contributed by atoms with Gasteiger partial charge in [-0.2, -0.15) is 13.2 Å². The highest BCUT2D eigenvalue weighted by Gasteiger charge is 2.46. The molecule has 2 fully saturated rings. The number of aliphatic carboxylic acids is 1. The number of halogens is 4. The molecule has 2 aromatic rings. The summed E-state index contributed by atoms with van der Waals surface area (Å²) >= 11 is 0. The molecule has 0 saturated carbocycles. The number of carbonyl (C=O) groups is 2. The Morgan fingerprint density at radius 2 is 1.94 bits per heavy atom. The average molecular weight is 459 g/mol. The third-order valence-corrected chi connectivity index (χ3v) is 5.12. The Bertz CT molecular complexity index is 950. The summed E-state index contributed by atoms with van der Waals surface area (Å²) in [5.74, 6) is -2.88. The monoisotopic (exact) mass is 459 g/mol. The Morgan fingerprint density at radius 1 is 1.28 bits per heavy atom. The first-order valence-corrected chi connectivity index (χ1v) is 9.66. The first-order valence-electron chi connectivity index (χ1n) is 9.66. The molecule has 0 unspecified atom stereocenters. The van der Waals surface area contributed by atoms with Crippen molar-refractivity contribution in [2.75, 3.05) is 18.1 Å². The third kappa shape index (κ3) is 5.33. The normalized spacial score (nSPS) is 22.5. The molecular formula is C19H21F4N5O4. The van der Waals surface area contributed by atoms with Crippen LogP contribution in [-0.2, 0) is 16.6 Å². The number of hydrogen-bond donors (Lipinski definition) is 2. The van der Waals surface area contributed by atoms with Crippen molar-refractivity contribution in [3.05, 3.63) is 42.2 Å². The second-order valence-corrected chi connectivity index (χ2v) is 7.29. The van der Waals surface area contributed by atoms with Crippen LogP contribution in [0.2, 0.25) is 0 Å². The van der Waals surface area contributed by atoms with E-state index in [1.54, 1.807) is 10.6 Å². The molecule has 32 heavy (non-hydrogen) atoms. The molecule has 174 valence electrons. The van der Waals surface area contributed by atoms with E-state index in [2.05, 4.69) is 15.3 Å². The number of rotatable bonds is 3. The number of aryl methyl sites for hydroxylation is 1. The molecule has 0 bridgehead atoms. The van der Waals surface area contributed by atoms with Gasteiger partial charge in [0.25, 0.3) is 5.91 Å². The van der Waals surface area contributed by atoms with Gasteiger partial charge in [-0.1, -0.05) is 0 Å². The van der Waals surface area contributed by atoms with Gasteiger partial charge >= 0.3 is 12.1 Å². The van der Waals surface area contributed by atoms with Crippen LogP contribution in [0, 0.1) is 5.82 Å². The second kappa shape index (κ2) is 9.51. The third-order valence-electron chi connectivity index (χ3n) is 5.12. The van der Waals surface area contributed by atoms with Gasteiger partial charge < -0.3 is 24.6 Å². The summed E-state index contributed by atoms with van der Waals surface area (Å²) in [6.45, 7) is 1.22. The number of ether oxygens (including phenoxy) is 1. The summed E-state index contributed by atoms with van der Waals surface area (Å²) in [5, 5.41) is 10.2. The number of carbonyl (C=O) groups excluding carboxylic acids is 1. The summed E-state index contributed by atoms with van der Waals surface area (Å²) in [7, 11) is 1.84. The van der Waals surface area contributed by atoms with Crippen molar-refractivity contribution in [1.82, 2.24) is 19.9 Å². The fourth-order valence-corrected chi connectivity index (χ4v) is 3.71. The fourth-order valence-electron chi connectivity index (χ4n) is 3.71. The minimum atomic E-state index is -5.08. The highest BCUT2D eigenvalue weighted by molar-refractivity contribution is 5.93. The van der Waals surface area contributed by atoms with Gasteiger partial charge in [0.1, 0.15) is 5.69 Å². The number of nitrogens with one attached hydrogen (secondary N) is 1. The lowest BCUT2D eigenvalue weighted by atomic mass is 10.0. The Kier molecular flexibility index (Phi) is 6.96. The summed E-state index contributed by atoms with van der Waals surface area (Å²) in [6, 6.07) is 3.53. The molecule has 2 aliphatic heterocycles. The number of carboxylic acid groups (broad SMARTS) is 1. The lowest BCUT2D eigenvalue weighted by Gasteiger charge is -2.32. The fraction of sp³-hybridized carbons (Fsp3) is 0.474. The molecule has 2 aliphatic rings. The molecule has 2 aromatic heterocycles. The van der Waals surface area contributed by atoms with Crippen LogP contribution in [0.15, 0.2) is 30.7 Å². The highest BCUT2D eigenvalue weighted by atomic mass is 19.4. The molecule has 4 heterocycles. The molecule has 1 amide bonds. The van der Waals surface area contributed by atoms with E-state index in [0.29, 0.717) is 24.8 Å². The van der Waals surface area contributed by atoms with E-state index in [-0.39, 0.29) is 24.1 Å². The van der Waals surface area contributed by atoms with Gasteiger partial charge in [0.15, 0.2) is 5.82 Å². The van der Waals surface area contributed by atoms with E-state index < -0.39 is 18.0 Å². The molecule has 0 radical (unpaired) electrons. The van der Waals surface area contributed by atoms with Gasteiger partial charge in [0.05, 0.1) is 30.6 Å². The summed E-state index contributed by atoms with van der Waals surface area (Å²) in [4.78, 5) is 31.7. The average Bonchev–Trinajstić information content (AvgIpc) is 3.32. The van der Waals surface area contributed by atoms with E-state index in [9.17, 15) is 22.4 Å². The largest absolute Gasteiger partial charge is 0.490 e. The zero-order valence-corrected chi connectivity index (χ0v) is 16.9. The SMILES string of the molecule is Cn1cccc1C(=O)N[C@@H]1CN(c2ncc(F)cn2)[C@@H]2CCCO[C@@H]21.O=C(O)C(F)(F)F. The molecule has 2 saturated heterocycles. The van der Waals surface area contributed by atoms with Crippen molar-refractivity contribution in [2.24, 2.45) is 7.05 Å². The summed E-state index contributed by atoms with van der Waals surface area (Å²) < 4.78 is 52.6. The summed E-state index contributed by atoms with van der Waals surface area (Å²) in [6.07, 6.45) is 0.835. The van der Waals surface area contributed by atoms with Crippen LogP contribution in [0.25, 0.3) is 0 Å². The van der Waals surface area contributed by atoms with Crippen LogP contribution in [0.3, 0.4) is 0 Å². The van der Waals surface area contributed by atoms with Gasteiger partial charge in [-0.15, -0.1) is 0 Å². The van der Waals surface area contributed by atoms with Crippen LogP contribution in [0.1, 0.15) is 23.3 Å². The van der Waals surface area contributed by atoms with Crippen molar-refractivity contribution >= 4 is 17.8 Å². The molecule has 4 rings (SSSR count). The standard InChI is InChI=1S/C17H20FN5O2.C2HF3O2/c1-22-6-2-4-14(22)16(24)21-12-10-23(13-5-3-7-25-15(12)13)17-19-8-11(18)9-20-17;3-2(4,5)1(6)7/h2,4,6,8-9,12-13,15H,3,5,7,10H2,1H3,(H,21,24);(H,6,7)/t12-,13-,15-;/m1./s1. The minimum absolute atomic E-state index is 0.0814. The highest BCUT2D eigenvalue weighted by Crippen LogP contribution is 2.31. The van der Waals surface area contributed by atoms with E-state index in [1.165, 1.54) is 0 Å². The Hall–Kier alpha value is -3.22. The van der Waals surface area contributed by atoms with Gasteiger partial charge in [-0.05, 0) is 25.0 Å². The molecule has 0 aliphatic carbocycles. The van der Waals surface area contributed by atoms with Gasteiger partial charge in [0.2, 0.25) is 5.95 Å². The minimum Gasteiger partial charge on any atom is -0.475 e. The maximum Gasteiger partial charge on any atom is 0.490 e. The molecule has 2 N–H and O–H groups in total. The van der Waals surface area contributed by atoms with E-state index in [0.717, 1.165) is 25.2 Å². The van der Waals surface area contributed by atoms with Crippen molar-refractivity contribution in [3.8, 4) is 0 Å². The number of anilines is 1. The maximum atomic E-state index is 13.1. The predicted octanol–water partition coefficient (Wildman–Crippen LogP) is 1.75. The first-order chi connectivity index (χ1) is 15.1.